The van der Waals surface area contributed by atoms with Gasteiger partial charge in [-0.3, -0.25) is 0 Å². The molecule has 0 amide bonds. The summed E-state index contributed by atoms with van der Waals surface area (Å²) in [5, 5.41) is 21.3. The third kappa shape index (κ3) is 4.50. The van der Waals surface area contributed by atoms with Gasteiger partial charge in [-0.15, -0.1) is 0 Å². The van der Waals surface area contributed by atoms with E-state index in [-0.39, 0.29) is 5.76 Å². The topological polar surface area (TPSA) is 69.6 Å². The Morgan fingerprint density at radius 3 is 2.68 bits per heavy atom. The van der Waals surface area contributed by atoms with Crippen molar-refractivity contribution in [2.45, 2.75) is 19.8 Å². The molecule has 0 radical (unpaired) electrons. The Hall–Kier alpha value is -2.23. The van der Waals surface area contributed by atoms with Crippen LogP contribution < -0.4 is 5.32 Å². The smallest absolute Gasteiger partial charge is 0.336 e. The number of benzene rings is 1. The minimum Gasteiger partial charge on any atom is -0.508 e. The van der Waals surface area contributed by atoms with Gasteiger partial charge in [-0.2, -0.15) is 0 Å². The summed E-state index contributed by atoms with van der Waals surface area (Å²) in [7, 11) is 1.75. The molecule has 0 aliphatic rings. The van der Waals surface area contributed by atoms with Crippen molar-refractivity contribution in [1.29, 1.82) is 0 Å². The molecule has 19 heavy (non-hydrogen) atoms. The van der Waals surface area contributed by atoms with E-state index >= 15 is 0 Å². The summed E-state index contributed by atoms with van der Waals surface area (Å²) >= 11 is 0. The molecule has 0 spiro atoms. The van der Waals surface area contributed by atoms with Gasteiger partial charge in [-0.05, 0) is 49.6 Å². The van der Waals surface area contributed by atoms with Gasteiger partial charge >= 0.3 is 5.97 Å². The molecule has 1 aromatic carbocycles. The molecule has 0 fully saturated rings. The zero-order chi connectivity index (χ0) is 14.3. The normalized spacial score (nSPS) is 11.8. The van der Waals surface area contributed by atoms with E-state index in [1.54, 1.807) is 32.2 Å². The Kier molecular flexibility index (Phi) is 5.67. The number of allylic oxidation sites excluding steroid dienone is 3. The molecule has 102 valence electrons. The van der Waals surface area contributed by atoms with E-state index in [0.29, 0.717) is 18.4 Å². The molecule has 3 N–H and O–H groups in total. The van der Waals surface area contributed by atoms with Crippen LogP contribution >= 0.6 is 0 Å². The molecular weight excluding hydrogens is 242 g/mol. The summed E-state index contributed by atoms with van der Waals surface area (Å²) in [4.78, 5) is 11.2. The molecule has 0 saturated heterocycles. The highest BCUT2D eigenvalue weighted by Crippen LogP contribution is 2.17. The summed E-state index contributed by atoms with van der Waals surface area (Å²) in [6.45, 7) is 1.75. The van der Waals surface area contributed by atoms with Crippen LogP contribution in [0.25, 0.3) is 0 Å². The fourth-order valence-corrected chi connectivity index (χ4v) is 1.69. The van der Waals surface area contributed by atoms with E-state index in [9.17, 15) is 15.0 Å². The third-order valence-corrected chi connectivity index (χ3v) is 2.79. The van der Waals surface area contributed by atoms with Crippen molar-refractivity contribution in [3.63, 3.8) is 0 Å². The molecule has 0 atom stereocenters. The lowest BCUT2D eigenvalue weighted by atomic mass is 10.0. The zero-order valence-corrected chi connectivity index (χ0v) is 11.2. The van der Waals surface area contributed by atoms with Crippen LogP contribution in [0.5, 0.6) is 0 Å². The highest BCUT2D eigenvalue weighted by Gasteiger charge is 2.09. The van der Waals surface area contributed by atoms with Gasteiger partial charge in [0.15, 0.2) is 0 Å². The summed E-state index contributed by atoms with van der Waals surface area (Å²) in [6.07, 6.45) is 6.34. The van der Waals surface area contributed by atoms with Gasteiger partial charge in [0.25, 0.3) is 0 Å². The number of carboxylic acid groups (broad SMARTS) is 1. The van der Waals surface area contributed by atoms with Crippen molar-refractivity contribution in [3.05, 3.63) is 53.3 Å². The highest BCUT2D eigenvalue weighted by atomic mass is 16.4. The first kappa shape index (κ1) is 14.8. The van der Waals surface area contributed by atoms with Crippen LogP contribution in [0.3, 0.4) is 0 Å². The van der Waals surface area contributed by atoms with Crippen LogP contribution in [0.1, 0.15) is 29.3 Å². The number of carbonyl (C=O) groups is 1. The van der Waals surface area contributed by atoms with Crippen molar-refractivity contribution in [2.24, 2.45) is 0 Å². The van der Waals surface area contributed by atoms with E-state index in [1.165, 1.54) is 0 Å². The maximum atomic E-state index is 11.2. The van der Waals surface area contributed by atoms with E-state index in [4.69, 9.17) is 0 Å². The van der Waals surface area contributed by atoms with Crippen LogP contribution in [0.15, 0.2) is 42.2 Å². The van der Waals surface area contributed by atoms with Gasteiger partial charge in [0.1, 0.15) is 5.76 Å². The first-order valence-electron chi connectivity index (χ1n) is 6.14. The second-order valence-corrected chi connectivity index (χ2v) is 4.08. The van der Waals surface area contributed by atoms with Gasteiger partial charge in [-0.1, -0.05) is 12.1 Å². The Morgan fingerprint density at radius 2 is 2.11 bits per heavy atom. The average molecular weight is 261 g/mol. The fourth-order valence-electron chi connectivity index (χ4n) is 1.69. The largest absolute Gasteiger partial charge is 0.508 e. The average Bonchev–Trinajstić information content (AvgIpc) is 2.43. The minimum atomic E-state index is -0.924. The van der Waals surface area contributed by atoms with Crippen LogP contribution in [0.4, 0.5) is 5.69 Å². The maximum Gasteiger partial charge on any atom is 0.336 e. The van der Waals surface area contributed by atoms with Gasteiger partial charge in [-0.25, -0.2) is 4.79 Å². The van der Waals surface area contributed by atoms with E-state index in [1.807, 2.05) is 18.2 Å². The Balaban J connectivity index is 2.78. The predicted octanol–water partition coefficient (Wildman–Crippen LogP) is 3.38. The van der Waals surface area contributed by atoms with Crippen LogP contribution in [-0.2, 0) is 6.42 Å². The van der Waals surface area contributed by atoms with E-state index < -0.39 is 5.97 Å². The molecule has 0 aromatic heterocycles. The molecular formula is C15H19NO3. The van der Waals surface area contributed by atoms with Gasteiger partial charge in [0.2, 0.25) is 0 Å². The first-order chi connectivity index (χ1) is 9.08. The molecule has 0 aliphatic heterocycles. The number of carboxylic acids is 1. The predicted molar refractivity (Wildman–Crippen MR) is 76.8 cm³/mol. The number of aliphatic hydroxyl groups excluding tert-OH is 1. The molecule has 1 rings (SSSR count). The second kappa shape index (κ2) is 7.26. The first-order valence-corrected chi connectivity index (χ1v) is 6.14. The third-order valence-electron chi connectivity index (χ3n) is 2.79. The molecule has 0 bridgehead atoms. The summed E-state index contributed by atoms with van der Waals surface area (Å²) in [6, 6.07) is 5.30. The molecule has 4 heteroatoms. The quantitative estimate of drug-likeness (QED) is 0.542. The number of nitrogens with one attached hydrogen (secondary N) is 1. The summed E-state index contributed by atoms with van der Waals surface area (Å²) in [5.41, 5.74) is 1.88. The number of aliphatic hydroxyl groups is 1. The monoisotopic (exact) mass is 261 g/mol. The summed E-state index contributed by atoms with van der Waals surface area (Å²) < 4.78 is 0. The Morgan fingerprint density at radius 1 is 1.37 bits per heavy atom. The lowest BCUT2D eigenvalue weighted by Crippen LogP contribution is -2.03. The van der Waals surface area contributed by atoms with Crippen molar-refractivity contribution in [3.8, 4) is 0 Å². The molecule has 0 saturated carbocycles. The second-order valence-electron chi connectivity index (χ2n) is 4.08. The molecule has 1 aromatic rings. The van der Waals surface area contributed by atoms with Crippen molar-refractivity contribution >= 4 is 11.7 Å². The van der Waals surface area contributed by atoms with E-state index in [2.05, 4.69) is 5.32 Å². The standard InChI is InChI=1S/C15H19NO3/c1-3-13(17)7-5-4-6-11-8-9-12(16-2)10-14(11)15(18)19/h3,5,7-10,16-17H,4,6H2,1-2H3,(H,18,19)/b7-5-,13-3+. The number of hydrogen-bond acceptors (Lipinski definition) is 3. The minimum absolute atomic E-state index is 0.212. The highest BCUT2D eigenvalue weighted by molar-refractivity contribution is 5.90. The molecule has 0 unspecified atom stereocenters. The Bertz CT molecular complexity index is 504. The van der Waals surface area contributed by atoms with Crippen LogP contribution in [0, 0.1) is 0 Å². The number of aromatic carboxylic acids is 1. The number of anilines is 1. The van der Waals surface area contributed by atoms with Crippen LogP contribution in [0.2, 0.25) is 0 Å². The van der Waals surface area contributed by atoms with E-state index in [0.717, 1.165) is 11.3 Å². The van der Waals surface area contributed by atoms with Crippen molar-refractivity contribution in [1.82, 2.24) is 0 Å². The van der Waals surface area contributed by atoms with Crippen LogP contribution in [-0.4, -0.2) is 23.2 Å². The van der Waals surface area contributed by atoms with Gasteiger partial charge in [0.05, 0.1) is 5.56 Å². The fraction of sp³-hybridized carbons (Fsp3) is 0.267. The number of aryl methyl sites for hydroxylation is 1. The molecule has 4 nitrogen and oxygen atoms in total. The Labute approximate surface area is 113 Å². The molecule has 0 aliphatic carbocycles. The lowest BCUT2D eigenvalue weighted by Gasteiger charge is -2.07. The van der Waals surface area contributed by atoms with Gasteiger partial charge < -0.3 is 15.5 Å². The zero-order valence-electron chi connectivity index (χ0n) is 11.2. The molecule has 0 heterocycles. The number of rotatable bonds is 6. The SMILES string of the molecule is C/C=C(O)\C=C/CCc1ccc(NC)cc1C(=O)O. The van der Waals surface area contributed by atoms with Gasteiger partial charge in [0, 0.05) is 12.7 Å². The lowest BCUT2D eigenvalue weighted by molar-refractivity contribution is 0.0695. The maximum absolute atomic E-state index is 11.2. The number of hydrogen-bond donors (Lipinski definition) is 3. The van der Waals surface area contributed by atoms with Crippen molar-refractivity contribution in [2.75, 3.05) is 12.4 Å². The van der Waals surface area contributed by atoms with Crippen molar-refractivity contribution < 1.29 is 15.0 Å². The summed E-state index contributed by atoms with van der Waals surface area (Å²) in [5.74, 6) is -0.712.